The number of aromatic nitrogens is 2. The second-order valence-corrected chi connectivity index (χ2v) is 4.69. The molecule has 1 N–H and O–H groups in total. The molecular formula is C17H16N2. The number of pyridine rings is 1. The summed E-state index contributed by atoms with van der Waals surface area (Å²) < 4.78 is 0. The molecular weight excluding hydrogens is 232 g/mol. The second-order valence-electron chi connectivity index (χ2n) is 4.69. The molecule has 2 nitrogen and oxygen atoms in total. The maximum Gasteiger partial charge on any atom is 0.0681 e. The fraction of sp³-hybridized carbons (Fsp3) is 0.235. The fourth-order valence-corrected chi connectivity index (χ4v) is 2.64. The lowest BCUT2D eigenvalue weighted by Crippen LogP contribution is -1.88. The third-order valence-electron chi connectivity index (χ3n) is 3.60. The summed E-state index contributed by atoms with van der Waals surface area (Å²) in [5.74, 6) is 6.27. The van der Waals surface area contributed by atoms with E-state index in [2.05, 4.69) is 46.9 Å². The Balaban J connectivity index is 2.52. The summed E-state index contributed by atoms with van der Waals surface area (Å²) in [4.78, 5) is 7.86. The van der Waals surface area contributed by atoms with Crippen LogP contribution in [0, 0.1) is 18.8 Å². The van der Waals surface area contributed by atoms with E-state index in [-0.39, 0.29) is 0 Å². The first kappa shape index (κ1) is 11.8. The minimum atomic E-state index is 0.993. The number of H-pyrrole nitrogens is 1. The Morgan fingerprint density at radius 1 is 1.16 bits per heavy atom. The Morgan fingerprint density at radius 2 is 1.95 bits per heavy atom. The van der Waals surface area contributed by atoms with Crippen molar-refractivity contribution in [3.8, 4) is 11.8 Å². The molecule has 0 amide bonds. The highest BCUT2D eigenvalue weighted by atomic mass is 14.8. The van der Waals surface area contributed by atoms with E-state index in [4.69, 9.17) is 0 Å². The van der Waals surface area contributed by atoms with Crippen LogP contribution < -0.4 is 0 Å². The Kier molecular flexibility index (Phi) is 2.76. The zero-order valence-electron chi connectivity index (χ0n) is 11.5. The van der Waals surface area contributed by atoms with E-state index in [1.165, 1.54) is 16.3 Å². The van der Waals surface area contributed by atoms with E-state index in [0.29, 0.717) is 0 Å². The van der Waals surface area contributed by atoms with Crippen molar-refractivity contribution in [2.45, 2.75) is 27.2 Å². The van der Waals surface area contributed by atoms with Crippen LogP contribution in [0.25, 0.3) is 21.8 Å². The van der Waals surface area contributed by atoms with Gasteiger partial charge in [0.25, 0.3) is 0 Å². The van der Waals surface area contributed by atoms with E-state index in [0.717, 1.165) is 28.7 Å². The van der Waals surface area contributed by atoms with E-state index >= 15 is 0 Å². The predicted molar refractivity (Wildman–Crippen MR) is 80.3 cm³/mol. The average Bonchev–Trinajstić information content (AvgIpc) is 2.80. The van der Waals surface area contributed by atoms with Crippen LogP contribution in [0.3, 0.4) is 0 Å². The molecule has 0 unspecified atom stereocenters. The van der Waals surface area contributed by atoms with Gasteiger partial charge in [0.05, 0.1) is 22.3 Å². The highest BCUT2D eigenvalue weighted by Crippen LogP contribution is 2.30. The number of nitrogens with zero attached hydrogens (tertiary/aromatic N) is 1. The van der Waals surface area contributed by atoms with Gasteiger partial charge in [0.15, 0.2) is 0 Å². The Morgan fingerprint density at radius 3 is 2.68 bits per heavy atom. The van der Waals surface area contributed by atoms with Gasteiger partial charge in [-0.25, -0.2) is 0 Å². The minimum absolute atomic E-state index is 0.993. The molecule has 2 heterocycles. The number of benzene rings is 1. The summed E-state index contributed by atoms with van der Waals surface area (Å²) in [5, 5.41) is 2.46. The SMILES string of the molecule is CC#Cc1c(CC)ccc2c1[nH]c1c(C)nccc12. The number of hydrogen-bond donors (Lipinski definition) is 1. The third kappa shape index (κ3) is 1.70. The molecule has 0 bridgehead atoms. The van der Waals surface area contributed by atoms with Crippen LogP contribution in [0.5, 0.6) is 0 Å². The van der Waals surface area contributed by atoms with E-state index in [1.54, 1.807) is 0 Å². The lowest BCUT2D eigenvalue weighted by molar-refractivity contribution is 1.14. The molecule has 0 aliphatic heterocycles. The number of fused-ring (bicyclic) bond motifs is 3. The van der Waals surface area contributed by atoms with Gasteiger partial charge in [0.1, 0.15) is 0 Å². The molecule has 0 aliphatic rings. The lowest BCUT2D eigenvalue weighted by atomic mass is 10.0. The van der Waals surface area contributed by atoms with Gasteiger partial charge >= 0.3 is 0 Å². The topological polar surface area (TPSA) is 28.7 Å². The maximum atomic E-state index is 4.35. The van der Waals surface area contributed by atoms with Crippen LogP contribution in [0.1, 0.15) is 30.7 Å². The van der Waals surface area contributed by atoms with Gasteiger partial charge in [-0.2, -0.15) is 0 Å². The van der Waals surface area contributed by atoms with Crippen LogP contribution in [-0.2, 0) is 6.42 Å². The molecule has 2 heteroatoms. The summed E-state index contributed by atoms with van der Waals surface area (Å²) in [6, 6.07) is 6.44. The van der Waals surface area contributed by atoms with Crippen molar-refractivity contribution >= 4 is 21.8 Å². The fourth-order valence-electron chi connectivity index (χ4n) is 2.64. The number of aryl methyl sites for hydroxylation is 2. The van der Waals surface area contributed by atoms with Crippen molar-refractivity contribution in [2.24, 2.45) is 0 Å². The zero-order chi connectivity index (χ0) is 13.4. The number of rotatable bonds is 1. The van der Waals surface area contributed by atoms with E-state index < -0.39 is 0 Å². The van der Waals surface area contributed by atoms with Crippen LogP contribution in [0.4, 0.5) is 0 Å². The molecule has 0 spiro atoms. The van der Waals surface area contributed by atoms with E-state index in [9.17, 15) is 0 Å². The highest BCUT2D eigenvalue weighted by Gasteiger charge is 2.11. The van der Waals surface area contributed by atoms with E-state index in [1.807, 2.05) is 20.0 Å². The summed E-state index contributed by atoms with van der Waals surface area (Å²) in [6.07, 6.45) is 2.86. The molecule has 94 valence electrons. The van der Waals surface area contributed by atoms with Crippen molar-refractivity contribution < 1.29 is 0 Å². The summed E-state index contributed by atoms with van der Waals surface area (Å²) >= 11 is 0. The average molecular weight is 248 g/mol. The summed E-state index contributed by atoms with van der Waals surface area (Å²) in [5.41, 5.74) is 5.70. The minimum Gasteiger partial charge on any atom is -0.352 e. The second kappa shape index (κ2) is 4.44. The first-order valence-electron chi connectivity index (χ1n) is 6.58. The molecule has 0 saturated carbocycles. The third-order valence-corrected chi connectivity index (χ3v) is 3.60. The number of aromatic amines is 1. The predicted octanol–water partition coefficient (Wildman–Crippen LogP) is 3.96. The van der Waals surface area contributed by atoms with Gasteiger partial charge in [0.2, 0.25) is 0 Å². The molecule has 0 atom stereocenters. The van der Waals surface area contributed by atoms with Gasteiger partial charge in [-0.1, -0.05) is 25.0 Å². The maximum absolute atomic E-state index is 4.35. The van der Waals surface area contributed by atoms with Crippen molar-refractivity contribution in [2.75, 3.05) is 0 Å². The van der Waals surface area contributed by atoms with Gasteiger partial charge < -0.3 is 4.98 Å². The molecule has 0 saturated heterocycles. The number of hydrogen-bond acceptors (Lipinski definition) is 1. The zero-order valence-corrected chi connectivity index (χ0v) is 11.5. The van der Waals surface area contributed by atoms with Gasteiger partial charge in [-0.3, -0.25) is 4.98 Å². The van der Waals surface area contributed by atoms with Gasteiger partial charge in [-0.15, -0.1) is 5.92 Å². The molecule has 2 aromatic heterocycles. The molecule has 19 heavy (non-hydrogen) atoms. The smallest absolute Gasteiger partial charge is 0.0681 e. The molecule has 0 fully saturated rings. The van der Waals surface area contributed by atoms with Gasteiger partial charge in [-0.05, 0) is 31.9 Å². The highest BCUT2D eigenvalue weighted by molar-refractivity contribution is 6.09. The van der Waals surface area contributed by atoms with Crippen molar-refractivity contribution in [3.63, 3.8) is 0 Å². The Labute approximate surface area is 112 Å². The largest absolute Gasteiger partial charge is 0.352 e. The molecule has 1 aromatic carbocycles. The molecule has 3 aromatic rings. The van der Waals surface area contributed by atoms with Crippen molar-refractivity contribution in [1.82, 2.24) is 9.97 Å². The lowest BCUT2D eigenvalue weighted by Gasteiger charge is -2.03. The normalized spacial score (nSPS) is 10.7. The summed E-state index contributed by atoms with van der Waals surface area (Å²) in [7, 11) is 0. The number of nitrogens with one attached hydrogen (secondary N) is 1. The molecule has 3 rings (SSSR count). The van der Waals surface area contributed by atoms with Crippen LogP contribution in [0.2, 0.25) is 0 Å². The first-order chi connectivity index (χ1) is 9.26. The molecule has 0 aliphatic carbocycles. The Hall–Kier alpha value is -2.27. The molecule has 0 radical (unpaired) electrons. The van der Waals surface area contributed by atoms with Crippen molar-refractivity contribution in [3.05, 3.63) is 41.2 Å². The quantitative estimate of drug-likeness (QED) is 0.649. The standard InChI is InChI=1S/C17H16N2/c1-4-6-13-12(5-2)7-8-14-15-9-10-18-11(3)16(15)19-17(13)14/h7-10,19H,5H2,1-3H3. The summed E-state index contributed by atoms with van der Waals surface area (Å²) in [6.45, 7) is 6.08. The van der Waals surface area contributed by atoms with Crippen LogP contribution >= 0.6 is 0 Å². The Bertz CT molecular complexity index is 829. The monoisotopic (exact) mass is 248 g/mol. The first-order valence-corrected chi connectivity index (χ1v) is 6.58. The van der Waals surface area contributed by atoms with Crippen molar-refractivity contribution in [1.29, 1.82) is 0 Å². The van der Waals surface area contributed by atoms with Crippen LogP contribution in [-0.4, -0.2) is 9.97 Å². The van der Waals surface area contributed by atoms with Crippen LogP contribution in [0.15, 0.2) is 24.4 Å². The van der Waals surface area contributed by atoms with Gasteiger partial charge in [0, 0.05) is 17.0 Å².